The number of nitriles is 1. The van der Waals surface area contributed by atoms with Crippen molar-refractivity contribution in [2.24, 2.45) is 0 Å². The molecule has 0 unspecified atom stereocenters. The van der Waals surface area contributed by atoms with Gasteiger partial charge in [0.15, 0.2) is 0 Å². The first-order valence-corrected chi connectivity index (χ1v) is 5.41. The van der Waals surface area contributed by atoms with Crippen LogP contribution in [0.5, 0.6) is 0 Å². The number of hydrogen-bond acceptors (Lipinski definition) is 2. The molecule has 1 aromatic rings. The van der Waals surface area contributed by atoms with Crippen LogP contribution in [-0.4, -0.2) is 13.0 Å². The molecule has 0 aromatic heterocycles. The molecule has 0 radical (unpaired) electrons. The van der Waals surface area contributed by atoms with Crippen molar-refractivity contribution in [2.75, 3.05) is 11.9 Å². The SMILES string of the molecule is CCc1ccc(N(C)C(=O)CCC#N)cc1. The Hall–Kier alpha value is -1.82. The summed E-state index contributed by atoms with van der Waals surface area (Å²) in [7, 11) is 1.74. The van der Waals surface area contributed by atoms with Crippen molar-refractivity contribution in [3.63, 3.8) is 0 Å². The lowest BCUT2D eigenvalue weighted by molar-refractivity contribution is -0.118. The van der Waals surface area contributed by atoms with E-state index < -0.39 is 0 Å². The number of anilines is 1. The van der Waals surface area contributed by atoms with Crippen LogP contribution in [0.4, 0.5) is 5.69 Å². The van der Waals surface area contributed by atoms with Gasteiger partial charge in [0.25, 0.3) is 0 Å². The van der Waals surface area contributed by atoms with Gasteiger partial charge in [-0.25, -0.2) is 0 Å². The quantitative estimate of drug-likeness (QED) is 0.776. The van der Waals surface area contributed by atoms with Crippen LogP contribution in [0.15, 0.2) is 24.3 Å². The second-order valence-electron chi connectivity index (χ2n) is 3.63. The van der Waals surface area contributed by atoms with Crippen molar-refractivity contribution >= 4 is 11.6 Å². The zero-order valence-electron chi connectivity index (χ0n) is 9.73. The molecule has 0 spiro atoms. The fraction of sp³-hybridized carbons (Fsp3) is 0.385. The number of carbonyl (C=O) groups excluding carboxylic acids is 1. The van der Waals surface area contributed by atoms with E-state index in [1.165, 1.54) is 5.56 Å². The van der Waals surface area contributed by atoms with Crippen LogP contribution in [0, 0.1) is 11.3 Å². The van der Waals surface area contributed by atoms with Gasteiger partial charge in [-0.15, -0.1) is 0 Å². The number of nitrogens with zero attached hydrogens (tertiary/aromatic N) is 2. The first-order chi connectivity index (χ1) is 7.69. The maximum Gasteiger partial charge on any atom is 0.227 e. The van der Waals surface area contributed by atoms with Crippen molar-refractivity contribution in [1.29, 1.82) is 5.26 Å². The monoisotopic (exact) mass is 216 g/mol. The van der Waals surface area contributed by atoms with E-state index in [2.05, 4.69) is 6.92 Å². The van der Waals surface area contributed by atoms with Crippen LogP contribution < -0.4 is 4.90 Å². The van der Waals surface area contributed by atoms with Gasteiger partial charge >= 0.3 is 0 Å². The number of aryl methyl sites for hydroxylation is 1. The molecule has 16 heavy (non-hydrogen) atoms. The van der Waals surface area contributed by atoms with E-state index in [-0.39, 0.29) is 18.7 Å². The van der Waals surface area contributed by atoms with Gasteiger partial charge in [-0.2, -0.15) is 5.26 Å². The Morgan fingerprint density at radius 1 is 1.38 bits per heavy atom. The van der Waals surface area contributed by atoms with E-state index in [9.17, 15) is 4.79 Å². The molecule has 1 aromatic carbocycles. The summed E-state index contributed by atoms with van der Waals surface area (Å²) in [4.78, 5) is 13.2. The lowest BCUT2D eigenvalue weighted by Crippen LogP contribution is -2.25. The Bertz CT molecular complexity index is 389. The zero-order valence-corrected chi connectivity index (χ0v) is 9.73. The van der Waals surface area contributed by atoms with Crippen molar-refractivity contribution in [3.8, 4) is 6.07 Å². The van der Waals surface area contributed by atoms with E-state index in [0.29, 0.717) is 0 Å². The molecule has 0 saturated carbocycles. The number of hydrogen-bond donors (Lipinski definition) is 0. The summed E-state index contributed by atoms with van der Waals surface area (Å²) in [6.07, 6.45) is 1.55. The van der Waals surface area contributed by atoms with Crippen molar-refractivity contribution in [3.05, 3.63) is 29.8 Å². The van der Waals surface area contributed by atoms with Gasteiger partial charge in [0.05, 0.1) is 6.07 Å². The molecule has 0 N–H and O–H groups in total. The van der Waals surface area contributed by atoms with E-state index in [1.54, 1.807) is 11.9 Å². The standard InChI is InChI=1S/C13H16N2O/c1-3-11-6-8-12(9-7-11)15(2)13(16)5-4-10-14/h6-9H,3-5H2,1-2H3. The maximum atomic E-state index is 11.6. The molecule has 1 amide bonds. The van der Waals surface area contributed by atoms with Gasteiger partial charge in [0.2, 0.25) is 5.91 Å². The largest absolute Gasteiger partial charge is 0.315 e. The van der Waals surface area contributed by atoms with Crippen molar-refractivity contribution < 1.29 is 4.79 Å². The highest BCUT2D eigenvalue weighted by molar-refractivity contribution is 5.92. The molecule has 0 aliphatic carbocycles. The van der Waals surface area contributed by atoms with Gasteiger partial charge in [0, 0.05) is 25.6 Å². The van der Waals surface area contributed by atoms with E-state index >= 15 is 0 Å². The normalized spacial score (nSPS) is 9.56. The summed E-state index contributed by atoms with van der Waals surface area (Å²) in [6, 6.07) is 9.88. The molecule has 3 heteroatoms. The highest BCUT2D eigenvalue weighted by Gasteiger charge is 2.09. The number of benzene rings is 1. The van der Waals surface area contributed by atoms with Crippen LogP contribution in [0.1, 0.15) is 25.3 Å². The zero-order chi connectivity index (χ0) is 12.0. The highest BCUT2D eigenvalue weighted by atomic mass is 16.2. The van der Waals surface area contributed by atoms with Gasteiger partial charge < -0.3 is 4.90 Å². The Balaban J connectivity index is 2.69. The molecule has 0 fully saturated rings. The first kappa shape index (κ1) is 12.3. The lowest BCUT2D eigenvalue weighted by atomic mass is 10.1. The fourth-order valence-corrected chi connectivity index (χ4v) is 1.43. The average molecular weight is 216 g/mol. The smallest absolute Gasteiger partial charge is 0.227 e. The number of rotatable bonds is 4. The molecule has 0 aliphatic rings. The predicted molar refractivity (Wildman–Crippen MR) is 64.1 cm³/mol. The van der Waals surface area contributed by atoms with E-state index in [1.807, 2.05) is 30.3 Å². The summed E-state index contributed by atoms with van der Waals surface area (Å²) >= 11 is 0. The topological polar surface area (TPSA) is 44.1 Å². The van der Waals surface area contributed by atoms with Gasteiger partial charge in [0.1, 0.15) is 0 Å². The Morgan fingerprint density at radius 2 is 2.00 bits per heavy atom. The van der Waals surface area contributed by atoms with Crippen LogP contribution >= 0.6 is 0 Å². The lowest BCUT2D eigenvalue weighted by Gasteiger charge is -2.16. The molecule has 3 nitrogen and oxygen atoms in total. The van der Waals surface area contributed by atoms with Crippen LogP contribution in [0.25, 0.3) is 0 Å². The molecule has 0 saturated heterocycles. The molecular formula is C13H16N2O. The molecule has 0 atom stereocenters. The first-order valence-electron chi connectivity index (χ1n) is 5.41. The van der Waals surface area contributed by atoms with Gasteiger partial charge in [-0.05, 0) is 24.1 Å². The molecule has 0 heterocycles. The number of amides is 1. The fourth-order valence-electron chi connectivity index (χ4n) is 1.43. The molecule has 0 bridgehead atoms. The molecule has 1 rings (SSSR count). The Kier molecular flexibility index (Phi) is 4.53. The molecular weight excluding hydrogens is 200 g/mol. The Labute approximate surface area is 96.3 Å². The summed E-state index contributed by atoms with van der Waals surface area (Å²) in [5, 5.41) is 8.42. The van der Waals surface area contributed by atoms with Crippen molar-refractivity contribution in [2.45, 2.75) is 26.2 Å². The van der Waals surface area contributed by atoms with E-state index in [4.69, 9.17) is 5.26 Å². The third kappa shape index (κ3) is 3.09. The van der Waals surface area contributed by atoms with Crippen molar-refractivity contribution in [1.82, 2.24) is 0 Å². The van der Waals surface area contributed by atoms with E-state index in [0.717, 1.165) is 12.1 Å². The van der Waals surface area contributed by atoms with Crippen LogP contribution in [-0.2, 0) is 11.2 Å². The minimum absolute atomic E-state index is 0.0224. The van der Waals surface area contributed by atoms with Gasteiger partial charge in [-0.3, -0.25) is 4.79 Å². The second-order valence-corrected chi connectivity index (χ2v) is 3.63. The minimum Gasteiger partial charge on any atom is -0.315 e. The average Bonchev–Trinajstić information content (AvgIpc) is 2.35. The second kappa shape index (κ2) is 5.92. The summed E-state index contributed by atoms with van der Waals surface area (Å²) in [6.45, 7) is 2.09. The van der Waals surface area contributed by atoms with Gasteiger partial charge in [-0.1, -0.05) is 19.1 Å². The minimum atomic E-state index is -0.0224. The summed E-state index contributed by atoms with van der Waals surface area (Å²) < 4.78 is 0. The number of carbonyl (C=O) groups is 1. The predicted octanol–water partition coefficient (Wildman–Crippen LogP) is 2.52. The third-order valence-corrected chi connectivity index (χ3v) is 2.56. The molecule has 0 aliphatic heterocycles. The highest BCUT2D eigenvalue weighted by Crippen LogP contribution is 2.15. The summed E-state index contributed by atoms with van der Waals surface area (Å²) in [5.74, 6) is -0.0224. The maximum absolute atomic E-state index is 11.6. The van der Waals surface area contributed by atoms with Crippen LogP contribution in [0.3, 0.4) is 0 Å². The van der Waals surface area contributed by atoms with Crippen LogP contribution in [0.2, 0.25) is 0 Å². The Morgan fingerprint density at radius 3 is 2.50 bits per heavy atom. The molecule has 84 valence electrons. The third-order valence-electron chi connectivity index (χ3n) is 2.56. The summed E-state index contributed by atoms with van der Waals surface area (Å²) in [5.41, 5.74) is 2.13.